The number of hydrogen-bond acceptors (Lipinski definition) is 3. The van der Waals surface area contributed by atoms with Gasteiger partial charge in [-0.3, -0.25) is 20.2 Å². The first-order chi connectivity index (χ1) is 7.45. The highest BCUT2D eigenvalue weighted by Crippen LogP contribution is 2.32. The highest BCUT2D eigenvalue weighted by Gasteiger charge is 2.50. The molecule has 0 aromatic carbocycles. The molecular formula is C11H16N2O3. The lowest BCUT2D eigenvalue weighted by atomic mass is 9.74. The zero-order valence-electron chi connectivity index (χ0n) is 9.66. The molecule has 1 aliphatic heterocycles. The molecule has 1 rings (SSSR count). The monoisotopic (exact) mass is 224 g/mol. The maximum Gasteiger partial charge on any atom is 0.328 e. The predicted molar refractivity (Wildman–Crippen MR) is 58.4 cm³/mol. The van der Waals surface area contributed by atoms with E-state index in [1.54, 1.807) is 26.0 Å². The SMILES string of the molecule is CC/C=C/C1(C(C)C)C(=O)NC(=O)NC1=O. The van der Waals surface area contributed by atoms with E-state index in [1.165, 1.54) is 0 Å². The van der Waals surface area contributed by atoms with Crippen molar-refractivity contribution in [3.05, 3.63) is 12.2 Å². The minimum Gasteiger partial charge on any atom is -0.277 e. The van der Waals surface area contributed by atoms with Crippen LogP contribution in [0.4, 0.5) is 4.79 Å². The average Bonchev–Trinajstić information content (AvgIpc) is 2.16. The summed E-state index contributed by atoms with van der Waals surface area (Å²) in [6, 6.07) is -0.754. The Labute approximate surface area is 94.3 Å². The number of carbonyl (C=O) groups is 3. The number of urea groups is 1. The third-order valence-electron chi connectivity index (χ3n) is 2.73. The van der Waals surface area contributed by atoms with Crippen molar-refractivity contribution < 1.29 is 14.4 Å². The molecule has 0 bridgehead atoms. The molecule has 1 saturated heterocycles. The first-order valence-corrected chi connectivity index (χ1v) is 5.29. The molecule has 16 heavy (non-hydrogen) atoms. The van der Waals surface area contributed by atoms with Gasteiger partial charge in [-0.15, -0.1) is 0 Å². The smallest absolute Gasteiger partial charge is 0.277 e. The summed E-state index contributed by atoms with van der Waals surface area (Å²) in [5, 5.41) is 4.26. The lowest BCUT2D eigenvalue weighted by Crippen LogP contribution is -2.63. The van der Waals surface area contributed by atoms with Crippen molar-refractivity contribution in [3.8, 4) is 0 Å². The number of imide groups is 2. The van der Waals surface area contributed by atoms with E-state index in [-0.39, 0.29) is 5.92 Å². The van der Waals surface area contributed by atoms with E-state index in [0.717, 1.165) is 6.42 Å². The summed E-state index contributed by atoms with van der Waals surface area (Å²) in [7, 11) is 0. The number of allylic oxidation sites excluding steroid dienone is 1. The molecule has 1 aliphatic rings. The molecule has 1 heterocycles. The standard InChI is InChI=1S/C11H16N2O3/c1-4-5-6-11(7(2)3)8(14)12-10(16)13-9(11)15/h5-7H,4H2,1-3H3,(H2,12,13,14,15,16)/b6-5+. The van der Waals surface area contributed by atoms with Crippen LogP contribution < -0.4 is 10.6 Å². The summed E-state index contributed by atoms with van der Waals surface area (Å²) in [4.78, 5) is 34.7. The minimum atomic E-state index is -1.27. The normalized spacial score (nSPS) is 20.1. The van der Waals surface area contributed by atoms with Gasteiger partial charge in [-0.2, -0.15) is 0 Å². The Hall–Kier alpha value is -1.65. The van der Waals surface area contributed by atoms with Gasteiger partial charge in [-0.1, -0.05) is 32.9 Å². The molecule has 1 fully saturated rings. The third-order valence-corrected chi connectivity index (χ3v) is 2.73. The molecule has 0 saturated carbocycles. The molecule has 0 radical (unpaired) electrons. The molecule has 4 amide bonds. The van der Waals surface area contributed by atoms with Crippen molar-refractivity contribution in [2.24, 2.45) is 11.3 Å². The van der Waals surface area contributed by atoms with Crippen LogP contribution in [0.3, 0.4) is 0 Å². The van der Waals surface area contributed by atoms with Crippen LogP contribution in [0.2, 0.25) is 0 Å². The van der Waals surface area contributed by atoms with Gasteiger partial charge in [0.25, 0.3) is 0 Å². The van der Waals surface area contributed by atoms with Crippen LogP contribution in [0.25, 0.3) is 0 Å². The van der Waals surface area contributed by atoms with Gasteiger partial charge in [0.1, 0.15) is 5.41 Å². The Morgan fingerprint density at radius 1 is 1.19 bits per heavy atom. The van der Waals surface area contributed by atoms with Crippen LogP contribution in [0.5, 0.6) is 0 Å². The van der Waals surface area contributed by atoms with Crippen LogP contribution in [-0.4, -0.2) is 17.8 Å². The fourth-order valence-corrected chi connectivity index (χ4v) is 1.72. The Bertz CT molecular complexity index is 338. The highest BCUT2D eigenvalue weighted by molar-refractivity contribution is 6.20. The summed E-state index contributed by atoms with van der Waals surface area (Å²) in [5.74, 6) is -1.33. The van der Waals surface area contributed by atoms with E-state index < -0.39 is 23.3 Å². The van der Waals surface area contributed by atoms with Crippen molar-refractivity contribution in [1.82, 2.24) is 10.6 Å². The number of rotatable bonds is 3. The molecule has 5 nitrogen and oxygen atoms in total. The quantitative estimate of drug-likeness (QED) is 0.554. The lowest BCUT2D eigenvalue weighted by Gasteiger charge is -2.34. The molecule has 0 aromatic rings. The van der Waals surface area contributed by atoms with Crippen molar-refractivity contribution in [2.45, 2.75) is 27.2 Å². The van der Waals surface area contributed by atoms with Crippen LogP contribution in [0.15, 0.2) is 12.2 Å². The highest BCUT2D eigenvalue weighted by atomic mass is 16.2. The Morgan fingerprint density at radius 3 is 2.06 bits per heavy atom. The zero-order valence-corrected chi connectivity index (χ0v) is 9.66. The molecule has 0 aromatic heterocycles. The molecule has 0 unspecified atom stereocenters. The van der Waals surface area contributed by atoms with E-state index >= 15 is 0 Å². The van der Waals surface area contributed by atoms with Gasteiger partial charge in [0.2, 0.25) is 11.8 Å². The Morgan fingerprint density at radius 2 is 1.69 bits per heavy atom. The molecule has 2 N–H and O–H groups in total. The largest absolute Gasteiger partial charge is 0.328 e. The second-order valence-corrected chi connectivity index (χ2v) is 4.07. The van der Waals surface area contributed by atoms with Gasteiger partial charge < -0.3 is 0 Å². The first-order valence-electron chi connectivity index (χ1n) is 5.29. The van der Waals surface area contributed by atoms with Crippen molar-refractivity contribution in [3.63, 3.8) is 0 Å². The number of nitrogens with one attached hydrogen (secondary N) is 2. The van der Waals surface area contributed by atoms with Crippen LogP contribution >= 0.6 is 0 Å². The number of amides is 4. The van der Waals surface area contributed by atoms with Crippen LogP contribution in [0, 0.1) is 11.3 Å². The van der Waals surface area contributed by atoms with Gasteiger partial charge >= 0.3 is 6.03 Å². The molecule has 88 valence electrons. The van der Waals surface area contributed by atoms with Gasteiger partial charge in [-0.05, 0) is 12.3 Å². The maximum absolute atomic E-state index is 11.8. The van der Waals surface area contributed by atoms with Gasteiger partial charge in [0.15, 0.2) is 0 Å². The fraction of sp³-hybridized carbons (Fsp3) is 0.545. The molecule has 0 spiro atoms. The number of hydrogen-bond donors (Lipinski definition) is 2. The molecule has 0 atom stereocenters. The van der Waals surface area contributed by atoms with Gasteiger partial charge in [-0.25, -0.2) is 4.79 Å². The fourth-order valence-electron chi connectivity index (χ4n) is 1.72. The van der Waals surface area contributed by atoms with E-state index in [9.17, 15) is 14.4 Å². The molecule has 0 aliphatic carbocycles. The minimum absolute atomic E-state index is 0.219. The predicted octanol–water partition coefficient (Wildman–Crippen LogP) is 0.961. The van der Waals surface area contributed by atoms with Gasteiger partial charge in [0.05, 0.1) is 0 Å². The topological polar surface area (TPSA) is 75.3 Å². The van der Waals surface area contributed by atoms with Crippen molar-refractivity contribution in [2.75, 3.05) is 0 Å². The Balaban J connectivity index is 3.17. The second-order valence-electron chi connectivity index (χ2n) is 4.07. The van der Waals surface area contributed by atoms with Crippen molar-refractivity contribution in [1.29, 1.82) is 0 Å². The molecule has 5 heteroatoms. The van der Waals surface area contributed by atoms with Crippen molar-refractivity contribution >= 4 is 17.8 Å². The third kappa shape index (κ3) is 1.85. The van der Waals surface area contributed by atoms with Crippen LogP contribution in [0.1, 0.15) is 27.2 Å². The summed E-state index contributed by atoms with van der Waals surface area (Å²) in [5.41, 5.74) is -1.27. The summed E-state index contributed by atoms with van der Waals surface area (Å²) in [6.07, 6.45) is 4.06. The summed E-state index contributed by atoms with van der Waals surface area (Å²) < 4.78 is 0. The summed E-state index contributed by atoms with van der Waals surface area (Å²) >= 11 is 0. The number of carbonyl (C=O) groups excluding carboxylic acids is 3. The van der Waals surface area contributed by atoms with E-state index in [2.05, 4.69) is 10.6 Å². The Kier molecular flexibility index (Phi) is 3.47. The summed E-state index contributed by atoms with van der Waals surface area (Å²) in [6.45, 7) is 5.46. The van der Waals surface area contributed by atoms with Gasteiger partial charge in [0, 0.05) is 0 Å². The zero-order chi connectivity index (χ0) is 12.3. The molecular weight excluding hydrogens is 208 g/mol. The first kappa shape index (κ1) is 12.4. The second kappa shape index (κ2) is 4.47. The lowest BCUT2D eigenvalue weighted by molar-refractivity contribution is -0.143. The van der Waals surface area contributed by atoms with E-state index in [1.807, 2.05) is 6.92 Å². The van der Waals surface area contributed by atoms with E-state index in [0.29, 0.717) is 0 Å². The average molecular weight is 224 g/mol. The van der Waals surface area contributed by atoms with E-state index in [4.69, 9.17) is 0 Å². The van der Waals surface area contributed by atoms with Crippen LogP contribution in [-0.2, 0) is 9.59 Å². The maximum atomic E-state index is 11.8. The number of barbiturate groups is 1.